The van der Waals surface area contributed by atoms with Gasteiger partial charge in [-0.3, -0.25) is 15.0 Å². The van der Waals surface area contributed by atoms with Crippen molar-refractivity contribution in [3.8, 4) is 0 Å². The van der Waals surface area contributed by atoms with E-state index in [9.17, 15) is 9.90 Å². The standard InChI is InChI=1S/C13H16N2O2/c16-12(17)13-6-11(7-14-13)15(9-13)8-10-4-2-1-3-5-10/h1-5,11,14H,6-9H2,(H,16,17). The molecule has 2 fully saturated rings. The summed E-state index contributed by atoms with van der Waals surface area (Å²) in [6.45, 7) is 2.25. The number of carbonyl (C=O) groups is 1. The van der Waals surface area contributed by atoms with Gasteiger partial charge in [0.2, 0.25) is 0 Å². The lowest BCUT2D eigenvalue weighted by atomic mass is 10.0. The van der Waals surface area contributed by atoms with Crippen molar-refractivity contribution in [3.63, 3.8) is 0 Å². The second-order valence-corrected chi connectivity index (χ2v) is 5.02. The second-order valence-electron chi connectivity index (χ2n) is 5.02. The molecule has 0 saturated carbocycles. The molecule has 1 aromatic rings. The van der Waals surface area contributed by atoms with E-state index < -0.39 is 11.5 Å². The zero-order valence-electron chi connectivity index (χ0n) is 9.60. The largest absolute Gasteiger partial charge is 0.480 e. The summed E-state index contributed by atoms with van der Waals surface area (Å²) in [4.78, 5) is 13.6. The van der Waals surface area contributed by atoms with Crippen LogP contribution in [0.2, 0.25) is 0 Å². The Morgan fingerprint density at radius 1 is 1.47 bits per heavy atom. The van der Waals surface area contributed by atoms with Crippen molar-refractivity contribution >= 4 is 5.97 Å². The van der Waals surface area contributed by atoms with Gasteiger partial charge in [-0.05, 0) is 12.0 Å². The van der Waals surface area contributed by atoms with Crippen LogP contribution >= 0.6 is 0 Å². The molecule has 2 atom stereocenters. The summed E-state index contributed by atoms with van der Waals surface area (Å²) in [5.41, 5.74) is 0.556. The number of hydrogen-bond donors (Lipinski definition) is 2. The summed E-state index contributed by atoms with van der Waals surface area (Å²) < 4.78 is 0. The van der Waals surface area contributed by atoms with Gasteiger partial charge in [0.15, 0.2) is 0 Å². The third kappa shape index (κ3) is 1.73. The van der Waals surface area contributed by atoms with Gasteiger partial charge in [0.25, 0.3) is 0 Å². The molecule has 0 aliphatic carbocycles. The summed E-state index contributed by atoms with van der Waals surface area (Å²) in [5, 5.41) is 12.4. The smallest absolute Gasteiger partial charge is 0.325 e. The van der Waals surface area contributed by atoms with Crippen molar-refractivity contribution in [1.29, 1.82) is 0 Å². The summed E-state index contributed by atoms with van der Waals surface area (Å²) in [7, 11) is 0. The van der Waals surface area contributed by atoms with Crippen molar-refractivity contribution in [2.24, 2.45) is 0 Å². The molecule has 0 radical (unpaired) electrons. The molecule has 2 aliphatic rings. The number of rotatable bonds is 3. The fourth-order valence-electron chi connectivity index (χ4n) is 2.95. The molecule has 3 rings (SSSR count). The minimum atomic E-state index is -0.712. The Morgan fingerprint density at radius 3 is 2.88 bits per heavy atom. The van der Waals surface area contributed by atoms with Crippen molar-refractivity contribution < 1.29 is 9.90 Å². The lowest BCUT2D eigenvalue weighted by Gasteiger charge is -2.31. The highest BCUT2D eigenvalue weighted by molar-refractivity contribution is 5.80. The first-order valence-electron chi connectivity index (χ1n) is 5.96. The van der Waals surface area contributed by atoms with Gasteiger partial charge in [-0.1, -0.05) is 30.3 Å². The lowest BCUT2D eigenvalue weighted by molar-refractivity contribution is -0.144. The van der Waals surface area contributed by atoms with Gasteiger partial charge < -0.3 is 5.11 Å². The van der Waals surface area contributed by atoms with E-state index in [1.54, 1.807) is 0 Å². The molecule has 1 aromatic carbocycles. The maximum atomic E-state index is 11.3. The van der Waals surface area contributed by atoms with Crippen LogP contribution in [0.4, 0.5) is 0 Å². The summed E-state index contributed by atoms with van der Waals surface area (Å²) in [6, 6.07) is 10.6. The fraction of sp³-hybridized carbons (Fsp3) is 0.462. The first-order chi connectivity index (χ1) is 8.20. The number of nitrogens with one attached hydrogen (secondary N) is 1. The number of piperazine rings is 1. The number of fused-ring (bicyclic) bond motifs is 2. The third-order valence-electron chi connectivity index (χ3n) is 3.89. The highest BCUT2D eigenvalue weighted by Gasteiger charge is 2.54. The van der Waals surface area contributed by atoms with E-state index in [1.165, 1.54) is 5.56 Å². The highest BCUT2D eigenvalue weighted by atomic mass is 16.4. The van der Waals surface area contributed by atoms with Crippen molar-refractivity contribution in [1.82, 2.24) is 10.2 Å². The highest BCUT2D eigenvalue weighted by Crippen LogP contribution is 2.33. The minimum Gasteiger partial charge on any atom is -0.480 e. The van der Waals surface area contributed by atoms with Gasteiger partial charge in [-0.15, -0.1) is 0 Å². The SMILES string of the molecule is O=C(O)C12CC(CN1)N(Cc1ccccc1)C2. The molecule has 0 aromatic heterocycles. The van der Waals surface area contributed by atoms with E-state index in [-0.39, 0.29) is 0 Å². The maximum absolute atomic E-state index is 11.3. The van der Waals surface area contributed by atoms with Crippen LogP contribution < -0.4 is 5.32 Å². The Labute approximate surface area is 100 Å². The van der Waals surface area contributed by atoms with Crippen LogP contribution in [0.25, 0.3) is 0 Å². The van der Waals surface area contributed by atoms with E-state index in [0.717, 1.165) is 19.5 Å². The number of carboxylic acid groups (broad SMARTS) is 1. The Kier molecular flexibility index (Phi) is 2.42. The monoisotopic (exact) mass is 232 g/mol. The molecule has 17 heavy (non-hydrogen) atoms. The van der Waals surface area contributed by atoms with Crippen LogP contribution in [0.5, 0.6) is 0 Å². The molecule has 2 unspecified atom stereocenters. The van der Waals surface area contributed by atoms with Crippen LogP contribution in [0.1, 0.15) is 12.0 Å². The maximum Gasteiger partial charge on any atom is 0.325 e. The van der Waals surface area contributed by atoms with E-state index in [2.05, 4.69) is 22.3 Å². The Bertz CT molecular complexity index is 434. The zero-order valence-corrected chi connectivity index (χ0v) is 9.60. The van der Waals surface area contributed by atoms with E-state index in [0.29, 0.717) is 12.6 Å². The van der Waals surface area contributed by atoms with Gasteiger partial charge in [-0.2, -0.15) is 0 Å². The van der Waals surface area contributed by atoms with Gasteiger partial charge in [-0.25, -0.2) is 0 Å². The molecular formula is C13H16N2O2. The predicted octanol–water partition coefficient (Wildman–Crippen LogP) is 0.687. The first kappa shape index (κ1) is 10.7. The molecule has 90 valence electrons. The van der Waals surface area contributed by atoms with Crippen molar-refractivity contribution in [2.45, 2.75) is 24.5 Å². The minimum absolute atomic E-state index is 0.367. The molecule has 4 heteroatoms. The first-order valence-corrected chi connectivity index (χ1v) is 5.96. The Balaban J connectivity index is 1.74. The van der Waals surface area contributed by atoms with Gasteiger partial charge in [0, 0.05) is 25.7 Å². The number of aliphatic carboxylic acids is 1. The lowest BCUT2D eigenvalue weighted by Crippen LogP contribution is -2.55. The number of hydrogen-bond acceptors (Lipinski definition) is 3. The summed E-state index contributed by atoms with van der Waals surface area (Å²) >= 11 is 0. The molecule has 2 saturated heterocycles. The molecule has 0 amide bonds. The van der Waals surface area contributed by atoms with Crippen molar-refractivity contribution in [2.75, 3.05) is 13.1 Å². The van der Waals surface area contributed by atoms with Crippen LogP contribution in [-0.2, 0) is 11.3 Å². The molecule has 4 nitrogen and oxygen atoms in total. The van der Waals surface area contributed by atoms with Gasteiger partial charge >= 0.3 is 5.97 Å². The second kappa shape index (κ2) is 3.82. The van der Waals surface area contributed by atoms with Gasteiger partial charge in [0.05, 0.1) is 0 Å². The molecule has 2 heterocycles. The number of benzene rings is 1. The zero-order chi connectivity index (χ0) is 11.9. The van der Waals surface area contributed by atoms with E-state index in [4.69, 9.17) is 0 Å². The van der Waals surface area contributed by atoms with Crippen molar-refractivity contribution in [3.05, 3.63) is 35.9 Å². The van der Waals surface area contributed by atoms with Crippen LogP contribution in [0.3, 0.4) is 0 Å². The molecule has 2 aliphatic heterocycles. The molecular weight excluding hydrogens is 216 g/mol. The number of likely N-dealkylation sites (tertiary alicyclic amines) is 1. The average molecular weight is 232 g/mol. The third-order valence-corrected chi connectivity index (χ3v) is 3.89. The van der Waals surface area contributed by atoms with E-state index in [1.807, 2.05) is 18.2 Å². The predicted molar refractivity (Wildman–Crippen MR) is 63.6 cm³/mol. The number of nitrogens with zero attached hydrogens (tertiary/aromatic N) is 1. The van der Waals surface area contributed by atoms with Gasteiger partial charge in [0.1, 0.15) is 5.54 Å². The fourth-order valence-corrected chi connectivity index (χ4v) is 2.95. The molecule has 0 spiro atoms. The topological polar surface area (TPSA) is 52.6 Å². The number of carboxylic acids is 1. The summed E-state index contributed by atoms with van der Waals surface area (Å²) in [6.07, 6.45) is 0.731. The summed E-state index contributed by atoms with van der Waals surface area (Å²) in [5.74, 6) is -0.712. The normalized spacial score (nSPS) is 31.9. The Hall–Kier alpha value is -1.39. The van der Waals surface area contributed by atoms with E-state index >= 15 is 0 Å². The quantitative estimate of drug-likeness (QED) is 0.805. The molecule has 2 N–H and O–H groups in total. The Morgan fingerprint density at radius 2 is 2.24 bits per heavy atom. The van der Waals surface area contributed by atoms with Crippen LogP contribution in [0, 0.1) is 0 Å². The van der Waals surface area contributed by atoms with Crippen LogP contribution in [0.15, 0.2) is 30.3 Å². The van der Waals surface area contributed by atoms with Crippen LogP contribution in [-0.4, -0.2) is 40.6 Å². The average Bonchev–Trinajstić information content (AvgIpc) is 2.89. The molecule has 2 bridgehead atoms.